The number of nitrogens with one attached hydrogen (secondary N) is 1. The van der Waals surface area contributed by atoms with Crippen LogP contribution in [0.1, 0.15) is 28.9 Å². The van der Waals surface area contributed by atoms with Gasteiger partial charge < -0.3 is 14.8 Å². The molecule has 7 heteroatoms. The molecule has 0 bridgehead atoms. The molecule has 0 saturated heterocycles. The largest absolute Gasteiger partial charge is 0.495 e. The number of amides is 1. The minimum absolute atomic E-state index is 0.201. The fourth-order valence-corrected chi connectivity index (χ4v) is 3.38. The highest BCUT2D eigenvalue weighted by atomic mass is 79.9. The molecular formula is C18H20BrNO4S. The van der Waals surface area contributed by atoms with Crippen molar-refractivity contribution in [1.82, 2.24) is 5.32 Å². The van der Waals surface area contributed by atoms with E-state index in [0.717, 1.165) is 10.5 Å². The summed E-state index contributed by atoms with van der Waals surface area (Å²) < 4.78 is 22.6. The van der Waals surface area contributed by atoms with Gasteiger partial charge in [-0.3, -0.25) is 9.00 Å². The Morgan fingerprint density at radius 1 is 1.12 bits per heavy atom. The average Bonchev–Trinajstić information content (AvgIpc) is 2.61. The molecule has 2 atom stereocenters. The molecule has 0 spiro atoms. The minimum atomic E-state index is -1.02. The van der Waals surface area contributed by atoms with Gasteiger partial charge in [-0.1, -0.05) is 12.1 Å². The number of ether oxygens (including phenoxy) is 2. The van der Waals surface area contributed by atoms with Crippen molar-refractivity contribution >= 4 is 32.6 Å². The van der Waals surface area contributed by atoms with Crippen LogP contribution in [-0.4, -0.2) is 30.6 Å². The summed E-state index contributed by atoms with van der Waals surface area (Å²) in [5.74, 6) is 0.804. The maximum Gasteiger partial charge on any atom is 0.252 e. The molecule has 5 nitrogen and oxygen atoms in total. The molecule has 0 saturated carbocycles. The minimum Gasteiger partial charge on any atom is -0.495 e. The maximum atomic E-state index is 12.6. The van der Waals surface area contributed by atoms with E-state index in [1.54, 1.807) is 30.5 Å². The van der Waals surface area contributed by atoms with Crippen molar-refractivity contribution in [3.05, 3.63) is 52.0 Å². The third kappa shape index (κ3) is 4.61. The summed E-state index contributed by atoms with van der Waals surface area (Å²) in [7, 11) is 2.04. The zero-order valence-corrected chi connectivity index (χ0v) is 16.9. The van der Waals surface area contributed by atoms with E-state index in [2.05, 4.69) is 21.2 Å². The molecule has 0 aliphatic rings. The van der Waals surface area contributed by atoms with E-state index in [1.807, 2.05) is 19.1 Å². The number of hydrogen-bond donors (Lipinski definition) is 1. The van der Waals surface area contributed by atoms with Gasteiger partial charge in [-0.05, 0) is 52.7 Å². The van der Waals surface area contributed by atoms with Gasteiger partial charge in [-0.25, -0.2) is 0 Å². The van der Waals surface area contributed by atoms with E-state index < -0.39 is 10.8 Å². The van der Waals surface area contributed by atoms with Crippen LogP contribution in [0, 0.1) is 0 Å². The van der Waals surface area contributed by atoms with E-state index in [4.69, 9.17) is 9.47 Å². The Hall–Kier alpha value is -1.86. The van der Waals surface area contributed by atoms with Crippen LogP contribution in [-0.2, 0) is 10.8 Å². The average molecular weight is 426 g/mol. The van der Waals surface area contributed by atoms with Gasteiger partial charge in [-0.2, -0.15) is 0 Å². The van der Waals surface area contributed by atoms with Gasteiger partial charge in [0.05, 0.1) is 20.3 Å². The fourth-order valence-electron chi connectivity index (χ4n) is 2.31. The molecule has 2 rings (SSSR count). The fraction of sp³-hybridized carbons (Fsp3) is 0.278. The molecule has 0 aliphatic heterocycles. The highest BCUT2D eigenvalue weighted by molar-refractivity contribution is 9.10. The molecule has 2 aromatic carbocycles. The highest BCUT2D eigenvalue weighted by Gasteiger charge is 2.17. The predicted molar refractivity (Wildman–Crippen MR) is 102 cm³/mol. The Bertz CT molecular complexity index is 767. The molecule has 1 N–H and O–H groups in total. The monoisotopic (exact) mass is 425 g/mol. The molecule has 0 fully saturated rings. The first-order valence-electron chi connectivity index (χ1n) is 7.53. The van der Waals surface area contributed by atoms with Crippen LogP contribution in [0.5, 0.6) is 11.5 Å². The SMILES string of the molecule is COc1cc(C(=O)N[C@H](C)c2ccc([S@@](C)=O)cc2)cc(OC)c1Br. The molecule has 0 aromatic heterocycles. The Morgan fingerprint density at radius 2 is 1.64 bits per heavy atom. The van der Waals surface area contributed by atoms with Crippen molar-refractivity contribution in [3.63, 3.8) is 0 Å². The van der Waals surface area contributed by atoms with Crippen molar-refractivity contribution < 1.29 is 18.5 Å². The Balaban J connectivity index is 2.19. The molecule has 1 amide bonds. The summed E-state index contributed by atoms with van der Waals surface area (Å²) in [6.45, 7) is 1.89. The van der Waals surface area contributed by atoms with Crippen LogP contribution in [0.4, 0.5) is 0 Å². The van der Waals surface area contributed by atoms with Crippen molar-refractivity contribution in [2.24, 2.45) is 0 Å². The summed E-state index contributed by atoms with van der Waals surface area (Å²) in [5, 5.41) is 2.94. The first kappa shape index (κ1) is 19.5. The summed E-state index contributed by atoms with van der Waals surface area (Å²) in [6.07, 6.45) is 1.63. The van der Waals surface area contributed by atoms with Gasteiger partial charge in [0.25, 0.3) is 5.91 Å². The maximum absolute atomic E-state index is 12.6. The smallest absolute Gasteiger partial charge is 0.252 e. The number of halogens is 1. The zero-order valence-electron chi connectivity index (χ0n) is 14.5. The molecule has 0 heterocycles. The number of carbonyl (C=O) groups excluding carboxylic acids is 1. The summed E-state index contributed by atoms with van der Waals surface area (Å²) in [5.41, 5.74) is 1.37. The lowest BCUT2D eigenvalue weighted by Crippen LogP contribution is -2.26. The zero-order chi connectivity index (χ0) is 18.6. The normalized spacial score (nSPS) is 13.0. The highest BCUT2D eigenvalue weighted by Crippen LogP contribution is 2.35. The lowest BCUT2D eigenvalue weighted by atomic mass is 10.1. The first-order chi connectivity index (χ1) is 11.9. The topological polar surface area (TPSA) is 64.6 Å². The number of hydrogen-bond acceptors (Lipinski definition) is 4. The number of methoxy groups -OCH3 is 2. The van der Waals surface area contributed by atoms with Crippen molar-refractivity contribution in [2.45, 2.75) is 17.9 Å². The second-order valence-electron chi connectivity index (χ2n) is 5.41. The van der Waals surface area contributed by atoms with E-state index >= 15 is 0 Å². The Kier molecular flexibility index (Phi) is 6.61. The van der Waals surface area contributed by atoms with Gasteiger partial charge in [-0.15, -0.1) is 0 Å². The molecule has 25 heavy (non-hydrogen) atoms. The van der Waals surface area contributed by atoms with E-state index in [1.165, 1.54) is 14.2 Å². The number of benzene rings is 2. The molecule has 134 valence electrons. The Morgan fingerprint density at radius 3 is 2.08 bits per heavy atom. The van der Waals surface area contributed by atoms with Gasteiger partial charge in [0.15, 0.2) is 0 Å². The molecular weight excluding hydrogens is 406 g/mol. The Labute approximate surface area is 158 Å². The van der Waals surface area contributed by atoms with Crippen LogP contribution in [0.2, 0.25) is 0 Å². The van der Waals surface area contributed by atoms with Gasteiger partial charge in [0.1, 0.15) is 16.0 Å². The van der Waals surface area contributed by atoms with Crippen LogP contribution in [0.25, 0.3) is 0 Å². The quantitative estimate of drug-likeness (QED) is 0.765. The summed E-state index contributed by atoms with van der Waals surface area (Å²) in [4.78, 5) is 13.3. The van der Waals surface area contributed by atoms with Crippen LogP contribution in [0.3, 0.4) is 0 Å². The molecule has 0 unspecified atom stereocenters. The van der Waals surface area contributed by atoms with Gasteiger partial charge >= 0.3 is 0 Å². The first-order valence-corrected chi connectivity index (χ1v) is 9.88. The number of carbonyl (C=O) groups is 1. The van der Waals surface area contributed by atoms with Crippen molar-refractivity contribution in [3.8, 4) is 11.5 Å². The summed E-state index contributed by atoms with van der Waals surface area (Å²) in [6, 6.07) is 10.4. The second kappa shape index (κ2) is 8.49. The molecule has 0 radical (unpaired) electrons. The lowest BCUT2D eigenvalue weighted by Gasteiger charge is -2.16. The van der Waals surface area contributed by atoms with Gasteiger partial charge in [0, 0.05) is 27.5 Å². The van der Waals surface area contributed by atoms with Gasteiger partial charge in [0.2, 0.25) is 0 Å². The third-order valence-electron chi connectivity index (χ3n) is 3.77. The lowest BCUT2D eigenvalue weighted by molar-refractivity contribution is 0.0939. The third-order valence-corrected chi connectivity index (χ3v) is 5.49. The van der Waals surface area contributed by atoms with E-state index in [0.29, 0.717) is 21.5 Å². The number of rotatable bonds is 6. The van der Waals surface area contributed by atoms with Crippen LogP contribution >= 0.6 is 15.9 Å². The van der Waals surface area contributed by atoms with Crippen LogP contribution in [0.15, 0.2) is 45.8 Å². The van der Waals surface area contributed by atoms with Crippen molar-refractivity contribution in [1.29, 1.82) is 0 Å². The molecule has 2 aromatic rings. The summed E-state index contributed by atoms with van der Waals surface area (Å²) >= 11 is 3.38. The molecule has 0 aliphatic carbocycles. The standard InChI is InChI=1S/C18H20BrNO4S/c1-11(12-5-7-14(8-6-12)25(4)22)20-18(21)13-9-15(23-2)17(19)16(10-13)24-3/h5-11H,1-4H3,(H,20,21)/t11-,25-/m1/s1. The van der Waals surface area contributed by atoms with E-state index in [-0.39, 0.29) is 11.9 Å². The van der Waals surface area contributed by atoms with Crippen molar-refractivity contribution in [2.75, 3.05) is 20.5 Å². The van der Waals surface area contributed by atoms with Crippen LogP contribution < -0.4 is 14.8 Å². The second-order valence-corrected chi connectivity index (χ2v) is 7.59. The van der Waals surface area contributed by atoms with E-state index in [9.17, 15) is 9.00 Å². The predicted octanol–water partition coefficient (Wildman–Crippen LogP) is 3.69.